The van der Waals surface area contributed by atoms with Gasteiger partial charge in [0, 0.05) is 6.04 Å². The van der Waals surface area contributed by atoms with Crippen LogP contribution in [0.1, 0.15) is 45.4 Å². The van der Waals surface area contributed by atoms with Crippen LogP contribution < -0.4 is 5.73 Å². The molecule has 2 aliphatic rings. The van der Waals surface area contributed by atoms with Gasteiger partial charge in [-0.05, 0) is 43.4 Å². The van der Waals surface area contributed by atoms with Crippen molar-refractivity contribution in [2.24, 2.45) is 23.5 Å². The van der Waals surface area contributed by atoms with Crippen LogP contribution in [0.2, 0.25) is 0 Å². The molecule has 1 nitrogen and oxygen atoms in total. The highest BCUT2D eigenvalue weighted by atomic mass is 14.7. The Balaban J connectivity index is 1.80. The predicted molar refractivity (Wildman–Crippen MR) is 51.8 cm³/mol. The van der Waals surface area contributed by atoms with Crippen LogP contribution in [-0.4, -0.2) is 6.04 Å². The highest BCUT2D eigenvalue weighted by Crippen LogP contribution is 2.40. The molecular formula is C11H21N. The Morgan fingerprint density at radius 2 is 1.33 bits per heavy atom. The fourth-order valence-corrected chi connectivity index (χ4v) is 2.54. The SMILES string of the molecule is CC1CCC(C(N)C2CC2)CC1. The molecule has 2 rings (SSSR count). The molecule has 1 heteroatoms. The van der Waals surface area contributed by atoms with Crippen LogP contribution in [0.5, 0.6) is 0 Å². The molecule has 0 aromatic rings. The monoisotopic (exact) mass is 167 g/mol. The normalized spacial score (nSPS) is 39.5. The Bertz CT molecular complexity index is 143. The Morgan fingerprint density at radius 3 is 1.75 bits per heavy atom. The third-order valence-corrected chi connectivity index (χ3v) is 3.77. The second kappa shape index (κ2) is 3.37. The predicted octanol–water partition coefficient (Wildman–Crippen LogP) is 2.55. The van der Waals surface area contributed by atoms with Gasteiger partial charge in [-0.2, -0.15) is 0 Å². The summed E-state index contributed by atoms with van der Waals surface area (Å²) in [6.07, 6.45) is 8.47. The van der Waals surface area contributed by atoms with E-state index < -0.39 is 0 Å². The number of nitrogens with two attached hydrogens (primary N) is 1. The smallest absolute Gasteiger partial charge is 0.00956 e. The molecule has 2 saturated carbocycles. The van der Waals surface area contributed by atoms with Gasteiger partial charge in [0.2, 0.25) is 0 Å². The quantitative estimate of drug-likeness (QED) is 0.672. The average Bonchev–Trinajstić information content (AvgIpc) is 2.87. The zero-order valence-corrected chi connectivity index (χ0v) is 8.13. The highest BCUT2D eigenvalue weighted by molar-refractivity contribution is 4.90. The van der Waals surface area contributed by atoms with Gasteiger partial charge in [0.1, 0.15) is 0 Å². The maximum Gasteiger partial charge on any atom is 0.00956 e. The molecule has 0 spiro atoms. The Hall–Kier alpha value is -0.0400. The van der Waals surface area contributed by atoms with E-state index in [1.54, 1.807) is 0 Å². The molecule has 2 fully saturated rings. The van der Waals surface area contributed by atoms with E-state index in [4.69, 9.17) is 5.73 Å². The first-order valence-electron chi connectivity index (χ1n) is 5.53. The van der Waals surface area contributed by atoms with Crippen LogP contribution in [0.25, 0.3) is 0 Å². The van der Waals surface area contributed by atoms with Gasteiger partial charge in [-0.25, -0.2) is 0 Å². The van der Waals surface area contributed by atoms with Crippen molar-refractivity contribution in [3.05, 3.63) is 0 Å². The maximum absolute atomic E-state index is 6.20. The lowest BCUT2D eigenvalue weighted by atomic mass is 9.78. The molecule has 2 aliphatic carbocycles. The minimum Gasteiger partial charge on any atom is -0.327 e. The Morgan fingerprint density at radius 1 is 0.917 bits per heavy atom. The molecule has 12 heavy (non-hydrogen) atoms. The van der Waals surface area contributed by atoms with Crippen LogP contribution >= 0.6 is 0 Å². The van der Waals surface area contributed by atoms with E-state index in [1.165, 1.54) is 38.5 Å². The van der Waals surface area contributed by atoms with Crippen molar-refractivity contribution in [2.45, 2.75) is 51.5 Å². The fraction of sp³-hybridized carbons (Fsp3) is 1.00. The van der Waals surface area contributed by atoms with Crippen molar-refractivity contribution in [1.29, 1.82) is 0 Å². The van der Waals surface area contributed by atoms with Crippen molar-refractivity contribution >= 4 is 0 Å². The summed E-state index contributed by atoms with van der Waals surface area (Å²) >= 11 is 0. The molecule has 0 heterocycles. The summed E-state index contributed by atoms with van der Waals surface area (Å²) in [5.41, 5.74) is 6.20. The molecule has 0 aromatic heterocycles. The van der Waals surface area contributed by atoms with Crippen LogP contribution in [-0.2, 0) is 0 Å². The van der Waals surface area contributed by atoms with Gasteiger partial charge in [0.05, 0.1) is 0 Å². The van der Waals surface area contributed by atoms with Crippen LogP contribution in [0.4, 0.5) is 0 Å². The second-order valence-corrected chi connectivity index (χ2v) is 4.93. The zero-order valence-electron chi connectivity index (χ0n) is 8.13. The number of hydrogen-bond acceptors (Lipinski definition) is 1. The summed E-state index contributed by atoms with van der Waals surface area (Å²) in [6, 6.07) is 0.553. The molecule has 70 valence electrons. The maximum atomic E-state index is 6.20. The molecule has 0 aromatic carbocycles. The number of rotatable bonds is 2. The van der Waals surface area contributed by atoms with Crippen molar-refractivity contribution in [1.82, 2.24) is 0 Å². The second-order valence-electron chi connectivity index (χ2n) is 4.93. The van der Waals surface area contributed by atoms with Crippen LogP contribution in [0, 0.1) is 17.8 Å². The van der Waals surface area contributed by atoms with E-state index in [1.807, 2.05) is 0 Å². The van der Waals surface area contributed by atoms with Gasteiger partial charge in [-0.15, -0.1) is 0 Å². The van der Waals surface area contributed by atoms with Gasteiger partial charge in [0.25, 0.3) is 0 Å². The molecule has 2 N–H and O–H groups in total. The zero-order chi connectivity index (χ0) is 8.55. The molecular weight excluding hydrogens is 146 g/mol. The average molecular weight is 167 g/mol. The van der Waals surface area contributed by atoms with Gasteiger partial charge < -0.3 is 5.73 Å². The molecule has 0 bridgehead atoms. The minimum atomic E-state index is 0.553. The van der Waals surface area contributed by atoms with Crippen LogP contribution in [0.15, 0.2) is 0 Å². The topological polar surface area (TPSA) is 26.0 Å². The van der Waals surface area contributed by atoms with E-state index in [0.717, 1.165) is 17.8 Å². The first-order chi connectivity index (χ1) is 5.77. The Labute approximate surface area is 75.7 Å². The summed E-state index contributed by atoms with van der Waals surface area (Å²) < 4.78 is 0. The summed E-state index contributed by atoms with van der Waals surface area (Å²) in [6.45, 7) is 2.37. The van der Waals surface area contributed by atoms with Gasteiger partial charge in [-0.3, -0.25) is 0 Å². The molecule has 1 atom stereocenters. The summed E-state index contributed by atoms with van der Waals surface area (Å²) in [5, 5.41) is 0. The van der Waals surface area contributed by atoms with E-state index in [9.17, 15) is 0 Å². The number of hydrogen-bond donors (Lipinski definition) is 1. The van der Waals surface area contributed by atoms with Crippen molar-refractivity contribution < 1.29 is 0 Å². The third kappa shape index (κ3) is 1.82. The molecule has 0 amide bonds. The van der Waals surface area contributed by atoms with E-state index in [2.05, 4.69) is 6.92 Å². The fourth-order valence-electron chi connectivity index (χ4n) is 2.54. The first-order valence-corrected chi connectivity index (χ1v) is 5.53. The van der Waals surface area contributed by atoms with Crippen molar-refractivity contribution in [2.75, 3.05) is 0 Å². The van der Waals surface area contributed by atoms with Gasteiger partial charge >= 0.3 is 0 Å². The van der Waals surface area contributed by atoms with E-state index in [-0.39, 0.29) is 0 Å². The first kappa shape index (κ1) is 8.55. The van der Waals surface area contributed by atoms with Crippen molar-refractivity contribution in [3.63, 3.8) is 0 Å². The summed E-state index contributed by atoms with van der Waals surface area (Å²) in [7, 11) is 0. The van der Waals surface area contributed by atoms with E-state index in [0.29, 0.717) is 6.04 Å². The van der Waals surface area contributed by atoms with Crippen molar-refractivity contribution in [3.8, 4) is 0 Å². The van der Waals surface area contributed by atoms with Gasteiger partial charge in [0.15, 0.2) is 0 Å². The largest absolute Gasteiger partial charge is 0.327 e. The molecule has 0 aliphatic heterocycles. The molecule has 0 saturated heterocycles. The molecule has 1 unspecified atom stereocenters. The van der Waals surface area contributed by atoms with Gasteiger partial charge in [-0.1, -0.05) is 19.8 Å². The van der Waals surface area contributed by atoms with Crippen LogP contribution in [0.3, 0.4) is 0 Å². The summed E-state index contributed by atoms with van der Waals surface area (Å²) in [4.78, 5) is 0. The third-order valence-electron chi connectivity index (χ3n) is 3.77. The lowest BCUT2D eigenvalue weighted by Crippen LogP contribution is -2.34. The highest BCUT2D eigenvalue weighted by Gasteiger charge is 2.34. The lowest BCUT2D eigenvalue weighted by molar-refractivity contribution is 0.241. The van der Waals surface area contributed by atoms with E-state index >= 15 is 0 Å². The standard InChI is InChI=1S/C11H21N/c1-8-2-4-9(5-3-8)11(12)10-6-7-10/h8-11H,2-7,12H2,1H3. The minimum absolute atomic E-state index is 0.553. The Kier molecular flexibility index (Phi) is 2.40. The molecule has 0 radical (unpaired) electrons. The summed E-state index contributed by atoms with van der Waals surface area (Å²) in [5.74, 6) is 2.74. The lowest BCUT2D eigenvalue weighted by Gasteiger charge is -2.30.